The number of amides is 1. The summed E-state index contributed by atoms with van der Waals surface area (Å²) in [5.41, 5.74) is 6.15. The van der Waals surface area contributed by atoms with Crippen molar-refractivity contribution in [3.8, 4) is 0 Å². The van der Waals surface area contributed by atoms with Gasteiger partial charge in [-0.2, -0.15) is 5.10 Å². The van der Waals surface area contributed by atoms with Crippen LogP contribution in [-0.4, -0.2) is 59.0 Å². The number of ether oxygens (including phenoxy) is 1. The number of anilines is 2. The summed E-state index contributed by atoms with van der Waals surface area (Å²) >= 11 is 0. The van der Waals surface area contributed by atoms with Gasteiger partial charge in [-0.05, 0) is 31.2 Å². The number of nitrogens with zero attached hydrogens (tertiary/aromatic N) is 6. The van der Waals surface area contributed by atoms with E-state index in [0.717, 1.165) is 72.2 Å². The molecule has 0 radical (unpaired) electrons. The Morgan fingerprint density at radius 1 is 1.11 bits per heavy atom. The fourth-order valence-corrected chi connectivity index (χ4v) is 5.18. The highest BCUT2D eigenvalue weighted by Gasteiger charge is 2.28. The molecule has 4 heterocycles. The zero-order valence-corrected chi connectivity index (χ0v) is 22.5. The average molecular weight is 504 g/mol. The topological polar surface area (TPSA) is 87.9 Å². The van der Waals surface area contributed by atoms with Gasteiger partial charge in [-0.25, -0.2) is 15.0 Å². The number of imidazole rings is 1. The summed E-state index contributed by atoms with van der Waals surface area (Å²) in [6.07, 6.45) is 1.95. The monoisotopic (exact) mass is 503 g/mol. The molecule has 0 spiro atoms. The number of hydrogen-bond donors (Lipinski definition) is 1. The molecule has 9 heteroatoms. The largest absolute Gasteiger partial charge is 0.378 e. The lowest BCUT2D eigenvalue weighted by atomic mass is 10.0. The van der Waals surface area contributed by atoms with Crippen molar-refractivity contribution in [1.29, 1.82) is 0 Å². The maximum atomic E-state index is 12.0. The fourth-order valence-electron chi connectivity index (χ4n) is 5.18. The summed E-state index contributed by atoms with van der Waals surface area (Å²) in [6.45, 7) is 11.6. The SMILES string of the molecule is CC(=O)N[C@H](c1nc2c(N3CCOCC3)cc(N3CCCC(c4cccc(C)c4)=N3)nc2n1C)C(C)C. The Balaban J connectivity index is 1.63. The third-order valence-electron chi connectivity index (χ3n) is 7.12. The zero-order valence-electron chi connectivity index (χ0n) is 22.5. The Morgan fingerprint density at radius 3 is 2.59 bits per heavy atom. The number of hydrazone groups is 1. The van der Waals surface area contributed by atoms with Gasteiger partial charge in [0.25, 0.3) is 0 Å². The van der Waals surface area contributed by atoms with E-state index in [0.29, 0.717) is 13.2 Å². The Bertz CT molecular complexity index is 1320. The highest BCUT2D eigenvalue weighted by atomic mass is 16.5. The molecule has 0 unspecified atom stereocenters. The number of pyridine rings is 1. The summed E-state index contributed by atoms with van der Waals surface area (Å²) in [5.74, 6) is 1.73. The molecular weight excluding hydrogens is 466 g/mol. The molecule has 37 heavy (non-hydrogen) atoms. The van der Waals surface area contributed by atoms with Crippen molar-refractivity contribution in [3.05, 3.63) is 47.3 Å². The van der Waals surface area contributed by atoms with E-state index in [2.05, 4.69) is 61.3 Å². The molecule has 1 aromatic carbocycles. The number of carbonyl (C=O) groups excluding carboxylic acids is 1. The maximum Gasteiger partial charge on any atom is 0.217 e. The molecule has 9 nitrogen and oxygen atoms in total. The van der Waals surface area contributed by atoms with Crippen LogP contribution in [0.1, 0.15) is 56.6 Å². The van der Waals surface area contributed by atoms with E-state index in [1.54, 1.807) is 6.92 Å². The summed E-state index contributed by atoms with van der Waals surface area (Å²) in [7, 11) is 1.99. The smallest absolute Gasteiger partial charge is 0.217 e. The van der Waals surface area contributed by atoms with E-state index < -0.39 is 0 Å². The number of rotatable bonds is 6. The Labute approximate surface area is 218 Å². The van der Waals surface area contributed by atoms with Crippen LogP contribution in [0.4, 0.5) is 11.5 Å². The van der Waals surface area contributed by atoms with Gasteiger partial charge in [0.15, 0.2) is 11.5 Å². The first-order valence-corrected chi connectivity index (χ1v) is 13.2. The number of benzene rings is 1. The van der Waals surface area contributed by atoms with Gasteiger partial charge in [-0.1, -0.05) is 43.7 Å². The summed E-state index contributed by atoms with van der Waals surface area (Å²) in [5, 5.41) is 10.2. The molecule has 1 N–H and O–H groups in total. The van der Waals surface area contributed by atoms with E-state index in [9.17, 15) is 4.79 Å². The predicted molar refractivity (Wildman–Crippen MR) is 147 cm³/mol. The normalized spacial score (nSPS) is 17.3. The molecule has 5 rings (SSSR count). The second kappa shape index (κ2) is 10.5. The lowest BCUT2D eigenvalue weighted by molar-refractivity contribution is -0.120. The van der Waals surface area contributed by atoms with Crippen LogP contribution < -0.4 is 15.2 Å². The molecule has 1 saturated heterocycles. The molecule has 196 valence electrons. The lowest BCUT2D eigenvalue weighted by Crippen LogP contribution is -2.36. The van der Waals surface area contributed by atoms with Crippen molar-refractivity contribution in [2.45, 2.75) is 46.6 Å². The molecule has 2 aromatic heterocycles. The van der Waals surface area contributed by atoms with Crippen molar-refractivity contribution in [2.24, 2.45) is 18.1 Å². The predicted octanol–water partition coefficient (Wildman–Crippen LogP) is 3.95. The van der Waals surface area contributed by atoms with Crippen LogP contribution in [0.15, 0.2) is 35.4 Å². The minimum Gasteiger partial charge on any atom is -0.378 e. The van der Waals surface area contributed by atoms with Gasteiger partial charge in [0.1, 0.15) is 11.3 Å². The van der Waals surface area contributed by atoms with Crippen molar-refractivity contribution in [1.82, 2.24) is 19.9 Å². The average Bonchev–Trinajstić information content (AvgIpc) is 3.23. The lowest BCUT2D eigenvalue weighted by Gasteiger charge is -2.30. The van der Waals surface area contributed by atoms with Crippen LogP contribution in [0.2, 0.25) is 0 Å². The molecule has 0 saturated carbocycles. The molecule has 2 aliphatic rings. The maximum absolute atomic E-state index is 12.0. The first kappa shape index (κ1) is 25.2. The van der Waals surface area contributed by atoms with Gasteiger partial charge in [0.2, 0.25) is 5.91 Å². The second-order valence-corrected chi connectivity index (χ2v) is 10.4. The minimum atomic E-state index is -0.210. The van der Waals surface area contributed by atoms with Gasteiger partial charge in [0.05, 0.1) is 30.7 Å². The third kappa shape index (κ3) is 5.18. The number of carbonyl (C=O) groups is 1. The molecule has 1 amide bonds. The first-order chi connectivity index (χ1) is 17.8. The standard InChI is InChI=1S/C28H37N7O2/c1-18(2)25(29-20(4)36)27-31-26-23(34-12-14-37-15-13-34)17-24(30-28(26)33(27)5)35-11-7-10-22(32-35)21-9-6-8-19(3)16-21/h6,8-9,16-18,25H,7,10-15H2,1-5H3,(H,29,36)/t25-/m0/s1. The van der Waals surface area contributed by atoms with Crippen molar-refractivity contribution < 1.29 is 9.53 Å². The number of aryl methyl sites for hydroxylation is 2. The Hall–Kier alpha value is -3.46. The van der Waals surface area contributed by atoms with E-state index in [1.165, 1.54) is 5.56 Å². The second-order valence-electron chi connectivity index (χ2n) is 10.4. The van der Waals surface area contributed by atoms with Crippen molar-refractivity contribution in [2.75, 3.05) is 42.8 Å². The number of aromatic nitrogens is 3. The highest BCUT2D eigenvalue weighted by Crippen LogP contribution is 2.34. The van der Waals surface area contributed by atoms with E-state index in [1.807, 2.05) is 16.6 Å². The van der Waals surface area contributed by atoms with E-state index in [-0.39, 0.29) is 17.9 Å². The van der Waals surface area contributed by atoms with E-state index in [4.69, 9.17) is 19.8 Å². The van der Waals surface area contributed by atoms with Gasteiger partial charge < -0.3 is 19.5 Å². The summed E-state index contributed by atoms with van der Waals surface area (Å²) < 4.78 is 7.66. The number of fused-ring (bicyclic) bond motifs is 1. The Kier molecular flexibility index (Phi) is 7.15. The van der Waals surface area contributed by atoms with Gasteiger partial charge >= 0.3 is 0 Å². The highest BCUT2D eigenvalue weighted by molar-refractivity contribution is 6.01. The molecular formula is C28H37N7O2. The summed E-state index contributed by atoms with van der Waals surface area (Å²) in [6, 6.07) is 10.4. The molecule has 1 atom stereocenters. The van der Waals surface area contributed by atoms with Gasteiger partial charge in [-0.15, -0.1) is 0 Å². The molecule has 0 aliphatic carbocycles. The van der Waals surface area contributed by atoms with Crippen molar-refractivity contribution >= 4 is 34.3 Å². The van der Waals surface area contributed by atoms with E-state index >= 15 is 0 Å². The van der Waals surface area contributed by atoms with Crippen LogP contribution in [0.25, 0.3) is 11.2 Å². The van der Waals surface area contributed by atoms with Gasteiger partial charge in [0, 0.05) is 39.7 Å². The minimum absolute atomic E-state index is 0.0702. The van der Waals surface area contributed by atoms with Crippen molar-refractivity contribution in [3.63, 3.8) is 0 Å². The molecule has 1 fully saturated rings. The zero-order chi connectivity index (χ0) is 26.1. The van der Waals surface area contributed by atoms with Gasteiger partial charge in [-0.3, -0.25) is 4.79 Å². The fraction of sp³-hybridized carbons (Fsp3) is 0.500. The first-order valence-electron chi connectivity index (χ1n) is 13.2. The molecule has 0 bridgehead atoms. The van der Waals surface area contributed by atoms with Crippen LogP contribution in [0.3, 0.4) is 0 Å². The number of nitrogens with one attached hydrogen (secondary N) is 1. The molecule has 3 aromatic rings. The number of morpholine rings is 1. The van der Waals surface area contributed by atoms with Crippen LogP contribution >= 0.6 is 0 Å². The summed E-state index contributed by atoms with van der Waals surface area (Å²) in [4.78, 5) is 24.5. The van der Waals surface area contributed by atoms with Crippen LogP contribution in [0, 0.1) is 12.8 Å². The quantitative estimate of drug-likeness (QED) is 0.548. The Morgan fingerprint density at radius 2 is 1.89 bits per heavy atom. The number of hydrogen-bond acceptors (Lipinski definition) is 7. The third-order valence-corrected chi connectivity index (χ3v) is 7.12. The van der Waals surface area contributed by atoms with Crippen LogP contribution in [-0.2, 0) is 16.6 Å². The van der Waals surface area contributed by atoms with Crippen LogP contribution in [0.5, 0.6) is 0 Å². The molecule has 2 aliphatic heterocycles.